The highest BCUT2D eigenvalue weighted by atomic mass is 79.9. The Morgan fingerprint density at radius 2 is 2.19 bits per heavy atom. The molecule has 0 aliphatic rings. The van der Waals surface area contributed by atoms with Gasteiger partial charge in [-0.25, -0.2) is 0 Å². The first-order chi connectivity index (χ1) is 10.0. The number of nitrogens with one attached hydrogen (secondary N) is 1. The maximum Gasteiger partial charge on any atom is 0.269 e. The largest absolute Gasteiger partial charge is 0.307 e. The van der Waals surface area contributed by atoms with E-state index in [0.29, 0.717) is 13.1 Å². The third-order valence-corrected chi connectivity index (χ3v) is 4.16. The molecule has 0 fully saturated rings. The van der Waals surface area contributed by atoms with E-state index in [-0.39, 0.29) is 10.6 Å². The molecule has 1 aromatic heterocycles. The molecule has 7 heteroatoms. The molecule has 6 nitrogen and oxygen atoms in total. The normalized spacial score (nSPS) is 10.8. The predicted octanol–water partition coefficient (Wildman–Crippen LogP) is 2.94. The number of rotatable bonds is 6. The number of nitrogens with zero attached hydrogens (tertiary/aromatic N) is 3. The quantitative estimate of drug-likeness (QED) is 0.640. The van der Waals surface area contributed by atoms with Gasteiger partial charge in [-0.3, -0.25) is 14.8 Å². The van der Waals surface area contributed by atoms with Crippen LogP contribution < -0.4 is 5.32 Å². The van der Waals surface area contributed by atoms with Gasteiger partial charge in [-0.1, -0.05) is 19.1 Å². The zero-order valence-corrected chi connectivity index (χ0v) is 13.6. The van der Waals surface area contributed by atoms with Crippen molar-refractivity contribution in [2.24, 2.45) is 7.05 Å². The number of halogens is 1. The van der Waals surface area contributed by atoms with Gasteiger partial charge in [-0.05, 0) is 27.9 Å². The molecule has 0 radical (unpaired) electrons. The Hall–Kier alpha value is -1.73. The molecule has 0 saturated carbocycles. The third-order valence-electron chi connectivity index (χ3n) is 3.25. The van der Waals surface area contributed by atoms with Gasteiger partial charge in [0.2, 0.25) is 0 Å². The van der Waals surface area contributed by atoms with Crippen LogP contribution in [-0.4, -0.2) is 14.7 Å². The average molecular weight is 353 g/mol. The molecule has 1 heterocycles. The molecule has 0 spiro atoms. The Morgan fingerprint density at radius 1 is 1.43 bits per heavy atom. The van der Waals surface area contributed by atoms with E-state index in [4.69, 9.17) is 0 Å². The van der Waals surface area contributed by atoms with Crippen LogP contribution in [0.3, 0.4) is 0 Å². The van der Waals surface area contributed by atoms with Crippen molar-refractivity contribution >= 4 is 21.6 Å². The lowest BCUT2D eigenvalue weighted by molar-refractivity contribution is -0.384. The summed E-state index contributed by atoms with van der Waals surface area (Å²) in [6, 6.07) is 6.65. The van der Waals surface area contributed by atoms with Crippen LogP contribution in [0, 0.1) is 10.1 Å². The minimum absolute atomic E-state index is 0.115. The third kappa shape index (κ3) is 3.68. The van der Waals surface area contributed by atoms with Crippen LogP contribution in [-0.2, 0) is 26.6 Å². The summed E-state index contributed by atoms with van der Waals surface area (Å²) < 4.78 is 2.88. The van der Waals surface area contributed by atoms with Gasteiger partial charge in [0, 0.05) is 32.3 Å². The zero-order chi connectivity index (χ0) is 15.4. The first kappa shape index (κ1) is 15.7. The standard InChI is InChI=1S/C14H17BrN4O2/c1-3-12-14(15)13(18(2)17-12)9-16-8-10-5-4-6-11(7-10)19(20)21/h4-7,16H,3,8-9H2,1-2H3. The van der Waals surface area contributed by atoms with E-state index in [1.807, 2.05) is 17.8 Å². The number of benzene rings is 1. The molecule has 1 aromatic carbocycles. The van der Waals surface area contributed by atoms with Gasteiger partial charge in [-0.2, -0.15) is 5.10 Å². The second-order valence-electron chi connectivity index (χ2n) is 4.72. The first-order valence-electron chi connectivity index (χ1n) is 6.67. The first-order valence-corrected chi connectivity index (χ1v) is 7.46. The summed E-state index contributed by atoms with van der Waals surface area (Å²) in [5, 5.41) is 18.5. The number of aryl methyl sites for hydroxylation is 2. The van der Waals surface area contributed by atoms with E-state index >= 15 is 0 Å². The highest BCUT2D eigenvalue weighted by Gasteiger charge is 2.12. The molecule has 112 valence electrons. The molecular formula is C14H17BrN4O2. The van der Waals surface area contributed by atoms with Crippen molar-refractivity contribution in [1.82, 2.24) is 15.1 Å². The van der Waals surface area contributed by atoms with Crippen LogP contribution in [0.4, 0.5) is 5.69 Å². The van der Waals surface area contributed by atoms with Crippen molar-refractivity contribution in [2.45, 2.75) is 26.4 Å². The second kappa shape index (κ2) is 6.82. The summed E-state index contributed by atoms with van der Waals surface area (Å²) in [7, 11) is 1.91. The molecule has 0 aliphatic heterocycles. The molecule has 0 atom stereocenters. The minimum Gasteiger partial charge on any atom is -0.307 e. The average Bonchev–Trinajstić information content (AvgIpc) is 2.74. The highest BCUT2D eigenvalue weighted by molar-refractivity contribution is 9.10. The number of non-ortho nitro benzene ring substituents is 1. The number of nitro benzene ring substituents is 1. The fraction of sp³-hybridized carbons (Fsp3) is 0.357. The monoisotopic (exact) mass is 352 g/mol. The van der Waals surface area contributed by atoms with Crippen LogP contribution in [0.15, 0.2) is 28.7 Å². The van der Waals surface area contributed by atoms with Gasteiger partial charge in [0.25, 0.3) is 5.69 Å². The molecule has 1 N–H and O–H groups in total. The molecule has 0 bridgehead atoms. The Bertz CT molecular complexity index is 654. The zero-order valence-electron chi connectivity index (χ0n) is 12.0. The van der Waals surface area contributed by atoms with Crippen LogP contribution >= 0.6 is 15.9 Å². The van der Waals surface area contributed by atoms with Crippen LogP contribution in [0.25, 0.3) is 0 Å². The van der Waals surface area contributed by atoms with E-state index < -0.39 is 0 Å². The van der Waals surface area contributed by atoms with E-state index in [9.17, 15) is 10.1 Å². The maximum atomic E-state index is 10.7. The Kier molecular flexibility index (Phi) is 5.08. The lowest BCUT2D eigenvalue weighted by Crippen LogP contribution is -2.15. The summed E-state index contributed by atoms with van der Waals surface area (Å²) in [6.45, 7) is 3.28. The number of nitro groups is 1. The van der Waals surface area contributed by atoms with Crippen molar-refractivity contribution in [2.75, 3.05) is 0 Å². The van der Waals surface area contributed by atoms with Crippen molar-refractivity contribution < 1.29 is 4.92 Å². The number of hydrogen-bond donors (Lipinski definition) is 1. The van der Waals surface area contributed by atoms with E-state index in [1.54, 1.807) is 12.1 Å². The molecule has 21 heavy (non-hydrogen) atoms. The Labute approximate surface area is 131 Å². The van der Waals surface area contributed by atoms with Crippen molar-refractivity contribution in [3.05, 3.63) is 55.8 Å². The number of aromatic nitrogens is 2. The SMILES string of the molecule is CCc1nn(C)c(CNCc2cccc([N+](=O)[O-])c2)c1Br. The van der Waals surface area contributed by atoms with Gasteiger partial charge in [-0.15, -0.1) is 0 Å². The molecule has 0 amide bonds. The van der Waals surface area contributed by atoms with E-state index in [2.05, 4.69) is 33.3 Å². The van der Waals surface area contributed by atoms with Crippen LogP contribution in [0.1, 0.15) is 23.9 Å². The van der Waals surface area contributed by atoms with E-state index in [0.717, 1.165) is 27.8 Å². The van der Waals surface area contributed by atoms with Crippen molar-refractivity contribution in [1.29, 1.82) is 0 Å². The topological polar surface area (TPSA) is 73.0 Å². The number of hydrogen-bond acceptors (Lipinski definition) is 4. The lowest BCUT2D eigenvalue weighted by Gasteiger charge is -2.06. The fourth-order valence-corrected chi connectivity index (χ4v) is 2.87. The predicted molar refractivity (Wildman–Crippen MR) is 83.9 cm³/mol. The van der Waals surface area contributed by atoms with Gasteiger partial charge in [0.15, 0.2) is 0 Å². The Balaban J connectivity index is 2.00. The molecule has 2 rings (SSSR count). The minimum atomic E-state index is -0.380. The molecule has 2 aromatic rings. The van der Waals surface area contributed by atoms with Gasteiger partial charge in [0.05, 0.1) is 20.8 Å². The summed E-state index contributed by atoms with van der Waals surface area (Å²) >= 11 is 3.57. The lowest BCUT2D eigenvalue weighted by atomic mass is 10.2. The molecule has 0 unspecified atom stereocenters. The fourth-order valence-electron chi connectivity index (χ4n) is 2.12. The smallest absolute Gasteiger partial charge is 0.269 e. The molecular weight excluding hydrogens is 336 g/mol. The van der Waals surface area contributed by atoms with Crippen molar-refractivity contribution in [3.8, 4) is 0 Å². The van der Waals surface area contributed by atoms with Gasteiger partial charge >= 0.3 is 0 Å². The van der Waals surface area contributed by atoms with Crippen LogP contribution in [0.2, 0.25) is 0 Å². The van der Waals surface area contributed by atoms with Crippen molar-refractivity contribution in [3.63, 3.8) is 0 Å². The molecule has 0 saturated heterocycles. The van der Waals surface area contributed by atoms with Gasteiger partial charge < -0.3 is 5.32 Å². The summed E-state index contributed by atoms with van der Waals surface area (Å²) in [6.07, 6.45) is 0.874. The summed E-state index contributed by atoms with van der Waals surface area (Å²) in [5.74, 6) is 0. The van der Waals surface area contributed by atoms with E-state index in [1.165, 1.54) is 6.07 Å². The van der Waals surface area contributed by atoms with Crippen LogP contribution in [0.5, 0.6) is 0 Å². The summed E-state index contributed by atoms with van der Waals surface area (Å²) in [4.78, 5) is 10.4. The highest BCUT2D eigenvalue weighted by Crippen LogP contribution is 2.21. The second-order valence-corrected chi connectivity index (χ2v) is 5.51. The van der Waals surface area contributed by atoms with Gasteiger partial charge in [0.1, 0.15) is 0 Å². The maximum absolute atomic E-state index is 10.7. The summed E-state index contributed by atoms with van der Waals surface area (Å²) in [5.41, 5.74) is 3.10. The Morgan fingerprint density at radius 3 is 2.81 bits per heavy atom. The molecule has 0 aliphatic carbocycles.